The van der Waals surface area contributed by atoms with E-state index in [4.69, 9.17) is 5.11 Å². The summed E-state index contributed by atoms with van der Waals surface area (Å²) in [7, 11) is 0. The summed E-state index contributed by atoms with van der Waals surface area (Å²) in [6.07, 6.45) is -0.231. The van der Waals surface area contributed by atoms with Crippen molar-refractivity contribution in [2.24, 2.45) is 0 Å². The first-order valence-electron chi connectivity index (χ1n) is 10.3. The van der Waals surface area contributed by atoms with E-state index in [2.05, 4.69) is 35.0 Å². The Morgan fingerprint density at radius 3 is 2.52 bits per heavy atom. The number of alkyl halides is 1. The second-order valence-electron chi connectivity index (χ2n) is 7.19. The zero-order valence-corrected chi connectivity index (χ0v) is 17.8. The van der Waals surface area contributed by atoms with Crippen molar-refractivity contribution in [1.82, 2.24) is 9.88 Å². The number of aromatic nitrogens is 1. The van der Waals surface area contributed by atoms with Crippen LogP contribution in [0, 0.1) is 12.7 Å². The van der Waals surface area contributed by atoms with Crippen molar-refractivity contribution in [2.75, 3.05) is 13.2 Å². The van der Waals surface area contributed by atoms with Crippen LogP contribution >= 0.6 is 0 Å². The van der Waals surface area contributed by atoms with Crippen LogP contribution in [0.1, 0.15) is 37.6 Å². The Morgan fingerprint density at radius 1 is 1.17 bits per heavy atom. The molecule has 1 aromatic heterocycles. The first kappa shape index (κ1) is 23.0. The van der Waals surface area contributed by atoms with E-state index in [1.807, 2.05) is 32.9 Å². The molecule has 0 saturated heterocycles. The van der Waals surface area contributed by atoms with Crippen LogP contribution in [0.4, 0.5) is 8.78 Å². The zero-order valence-electron chi connectivity index (χ0n) is 17.8. The molecule has 158 valence electrons. The fraction of sp³-hybridized carbons (Fsp3) is 0.417. The van der Waals surface area contributed by atoms with E-state index in [0.717, 1.165) is 24.0 Å². The van der Waals surface area contributed by atoms with Crippen molar-refractivity contribution in [3.05, 3.63) is 71.2 Å². The minimum absolute atomic E-state index is 0.162. The van der Waals surface area contributed by atoms with Crippen molar-refractivity contribution >= 4 is 10.9 Å². The largest absolute Gasteiger partial charge is 0.393 e. The average Bonchev–Trinajstić information content (AvgIpc) is 3.07. The van der Waals surface area contributed by atoms with Crippen LogP contribution in [0.3, 0.4) is 0 Å². The molecule has 2 heterocycles. The molecule has 1 aliphatic heterocycles. The lowest BCUT2D eigenvalue weighted by molar-refractivity contribution is 0.0940. The lowest BCUT2D eigenvalue weighted by Gasteiger charge is -2.34. The van der Waals surface area contributed by atoms with Gasteiger partial charge in [0, 0.05) is 35.7 Å². The number of nitrogens with zero attached hydrogens (tertiary/aromatic N) is 1. The van der Waals surface area contributed by atoms with E-state index >= 15 is 0 Å². The van der Waals surface area contributed by atoms with E-state index in [1.165, 1.54) is 28.8 Å². The fourth-order valence-electron chi connectivity index (χ4n) is 3.57. The molecule has 1 aliphatic rings. The fourth-order valence-corrected chi connectivity index (χ4v) is 3.57. The first-order valence-corrected chi connectivity index (χ1v) is 10.3. The van der Waals surface area contributed by atoms with Crippen LogP contribution in [-0.4, -0.2) is 40.4 Å². The summed E-state index contributed by atoms with van der Waals surface area (Å²) in [6, 6.07) is 15.1. The van der Waals surface area contributed by atoms with E-state index in [0.29, 0.717) is 12.6 Å². The standard InChI is InChI=1S/C15H19FN2O.C7H7F.C2H6/c1-10-6-13-12-4-2-3-5-14(12)17-15(13)8-18(10)7-11(16)9-19;1-6-3-2-4-7(8)5-6;1-2/h2-5,10-11,17,19H,6-9H2,1H3;2-5H,1H3;1-2H3/t10-,11-;;/m1../s1. The minimum atomic E-state index is -1.16. The number of aliphatic hydroxyl groups excluding tert-OH is 1. The molecule has 2 atom stereocenters. The highest BCUT2D eigenvalue weighted by atomic mass is 19.1. The number of benzene rings is 2. The number of aryl methyl sites for hydroxylation is 1. The van der Waals surface area contributed by atoms with Crippen LogP contribution < -0.4 is 0 Å². The zero-order chi connectivity index (χ0) is 21.4. The van der Waals surface area contributed by atoms with Gasteiger partial charge in [-0.05, 0) is 49.6 Å². The van der Waals surface area contributed by atoms with Crippen LogP contribution in [0.25, 0.3) is 10.9 Å². The molecule has 29 heavy (non-hydrogen) atoms. The highest BCUT2D eigenvalue weighted by Gasteiger charge is 2.27. The van der Waals surface area contributed by atoms with Gasteiger partial charge in [0.2, 0.25) is 0 Å². The number of halogens is 2. The molecular formula is C24H32F2N2O. The maximum atomic E-state index is 13.4. The predicted molar refractivity (Wildman–Crippen MR) is 116 cm³/mol. The van der Waals surface area contributed by atoms with Gasteiger partial charge >= 0.3 is 0 Å². The number of nitrogens with one attached hydrogen (secondary N) is 1. The van der Waals surface area contributed by atoms with E-state index < -0.39 is 12.8 Å². The second-order valence-corrected chi connectivity index (χ2v) is 7.19. The van der Waals surface area contributed by atoms with E-state index in [9.17, 15) is 8.78 Å². The smallest absolute Gasteiger partial charge is 0.136 e. The maximum absolute atomic E-state index is 13.4. The number of hydrogen-bond donors (Lipinski definition) is 2. The van der Waals surface area contributed by atoms with Gasteiger partial charge in [-0.2, -0.15) is 0 Å². The van der Waals surface area contributed by atoms with Crippen molar-refractivity contribution in [3.8, 4) is 0 Å². The summed E-state index contributed by atoms with van der Waals surface area (Å²) in [4.78, 5) is 5.53. The van der Waals surface area contributed by atoms with Crippen LogP contribution in [0.5, 0.6) is 0 Å². The number of rotatable bonds is 3. The van der Waals surface area contributed by atoms with Crippen molar-refractivity contribution < 1.29 is 13.9 Å². The highest BCUT2D eigenvalue weighted by Crippen LogP contribution is 2.30. The number of hydrogen-bond acceptors (Lipinski definition) is 2. The molecule has 0 unspecified atom stereocenters. The Bertz CT molecular complexity index is 876. The topological polar surface area (TPSA) is 39.3 Å². The van der Waals surface area contributed by atoms with E-state index in [-0.39, 0.29) is 5.82 Å². The molecule has 3 aromatic rings. The second kappa shape index (κ2) is 11.1. The normalized spacial score (nSPS) is 16.9. The molecule has 0 aliphatic carbocycles. The Kier molecular flexibility index (Phi) is 8.80. The van der Waals surface area contributed by atoms with Crippen molar-refractivity contribution in [3.63, 3.8) is 0 Å². The van der Waals surface area contributed by atoms with Gasteiger partial charge in [-0.15, -0.1) is 0 Å². The molecule has 0 saturated carbocycles. The summed E-state index contributed by atoms with van der Waals surface area (Å²) in [5, 5.41) is 10.1. The molecule has 0 fully saturated rings. The minimum Gasteiger partial charge on any atom is -0.393 e. The summed E-state index contributed by atoms with van der Waals surface area (Å²) < 4.78 is 25.5. The lowest BCUT2D eigenvalue weighted by atomic mass is 9.97. The van der Waals surface area contributed by atoms with Gasteiger partial charge in [-0.1, -0.05) is 44.2 Å². The molecule has 4 rings (SSSR count). The number of para-hydroxylation sites is 1. The van der Waals surface area contributed by atoms with Gasteiger partial charge in [0.15, 0.2) is 0 Å². The molecule has 5 heteroatoms. The third-order valence-electron chi connectivity index (χ3n) is 5.00. The van der Waals surface area contributed by atoms with E-state index in [1.54, 1.807) is 6.07 Å². The van der Waals surface area contributed by atoms with Crippen LogP contribution in [-0.2, 0) is 13.0 Å². The van der Waals surface area contributed by atoms with Crippen molar-refractivity contribution in [1.29, 1.82) is 0 Å². The lowest BCUT2D eigenvalue weighted by Crippen LogP contribution is -2.42. The summed E-state index contributed by atoms with van der Waals surface area (Å²) in [5.41, 5.74) is 4.66. The third-order valence-corrected chi connectivity index (χ3v) is 5.00. The maximum Gasteiger partial charge on any atom is 0.136 e. The van der Waals surface area contributed by atoms with Gasteiger partial charge in [-0.25, -0.2) is 8.78 Å². The number of aromatic amines is 1. The number of fused-ring (bicyclic) bond motifs is 3. The predicted octanol–water partition coefficient (Wildman–Crippen LogP) is 5.41. The number of H-pyrrole nitrogens is 1. The summed E-state index contributed by atoms with van der Waals surface area (Å²) in [6.45, 7) is 8.61. The molecule has 2 aromatic carbocycles. The Morgan fingerprint density at radius 2 is 1.90 bits per heavy atom. The Hall–Kier alpha value is -2.24. The Balaban J connectivity index is 0.000000252. The SMILES string of the molecule is CC.C[C@@H]1Cc2c([nH]c3ccccc23)CN1C[C@@H](F)CO.Cc1cccc(F)c1. The van der Waals surface area contributed by atoms with Crippen LogP contribution in [0.2, 0.25) is 0 Å². The molecule has 0 amide bonds. The quantitative estimate of drug-likeness (QED) is 0.615. The number of aliphatic hydroxyl groups is 1. The average molecular weight is 403 g/mol. The summed E-state index contributed by atoms with van der Waals surface area (Å²) in [5.74, 6) is -0.162. The molecule has 2 N–H and O–H groups in total. The molecule has 0 spiro atoms. The molecule has 0 radical (unpaired) electrons. The van der Waals surface area contributed by atoms with Gasteiger partial charge in [-0.3, -0.25) is 4.90 Å². The van der Waals surface area contributed by atoms with Crippen LogP contribution in [0.15, 0.2) is 48.5 Å². The molecule has 0 bridgehead atoms. The molecule has 3 nitrogen and oxygen atoms in total. The monoisotopic (exact) mass is 402 g/mol. The summed E-state index contributed by atoms with van der Waals surface area (Å²) >= 11 is 0. The van der Waals surface area contributed by atoms with Gasteiger partial charge in [0.05, 0.1) is 6.61 Å². The third kappa shape index (κ3) is 6.12. The van der Waals surface area contributed by atoms with Gasteiger partial charge in [0.1, 0.15) is 12.0 Å². The Labute approximate surface area is 172 Å². The van der Waals surface area contributed by atoms with Gasteiger partial charge < -0.3 is 10.1 Å². The molecular weight excluding hydrogens is 370 g/mol. The first-order chi connectivity index (χ1) is 14.0. The van der Waals surface area contributed by atoms with Gasteiger partial charge in [0.25, 0.3) is 0 Å². The van der Waals surface area contributed by atoms with Crippen molar-refractivity contribution in [2.45, 2.75) is 52.9 Å². The highest BCUT2D eigenvalue weighted by molar-refractivity contribution is 5.84.